The van der Waals surface area contributed by atoms with Gasteiger partial charge in [0.05, 0.1) is 0 Å². The minimum atomic E-state index is -1.59. The summed E-state index contributed by atoms with van der Waals surface area (Å²) in [5.41, 5.74) is 0. The molecule has 0 aliphatic heterocycles. The molecule has 0 unspecified atom stereocenters. The molecule has 0 amide bonds. The average molecular weight is 356 g/mol. The monoisotopic (exact) mass is 354 g/mol. The molecule has 0 atom stereocenters. The smallest absolute Gasteiger partial charge is 0.178 e. The molecule has 4 heteroatoms. The normalized spacial score (nSPS) is 14.0. The molecule has 0 spiro atoms. The lowest BCUT2D eigenvalue weighted by atomic mass is 10.2. The molecular weight excluding hydrogens is 320 g/mol. The van der Waals surface area contributed by atoms with Crippen LogP contribution in [0.1, 0.15) is 48.5 Å². The van der Waals surface area contributed by atoms with E-state index in [4.69, 9.17) is 4.12 Å². The first kappa shape index (κ1) is 21.2. The number of hydrogen-bond donors (Lipinski definition) is 0. The molecule has 0 saturated carbocycles. The van der Waals surface area contributed by atoms with Crippen molar-refractivity contribution in [2.75, 3.05) is 5.33 Å². The minimum Gasteiger partial charge on any atom is -0.455 e. The zero-order valence-corrected chi connectivity index (χ0v) is 18.1. The van der Waals surface area contributed by atoms with Gasteiger partial charge in [-0.15, -0.1) is 0 Å². The number of halogens is 1. The maximum atomic E-state index is 6.63. The van der Waals surface area contributed by atoms with Crippen molar-refractivity contribution in [3.8, 4) is 0 Å². The molecule has 18 heavy (non-hydrogen) atoms. The van der Waals surface area contributed by atoms with E-state index in [0.717, 1.165) is 5.33 Å². The van der Waals surface area contributed by atoms with Crippen LogP contribution in [0.15, 0.2) is 0 Å². The molecule has 0 aromatic rings. The second kappa shape index (κ2) is 7.05. The third-order valence-corrected chi connectivity index (χ3v) is 15.4. The Morgan fingerprint density at radius 1 is 0.778 bits per heavy atom. The predicted octanol–water partition coefficient (Wildman–Crippen LogP) is 6.41. The van der Waals surface area contributed by atoms with Gasteiger partial charge in [0.25, 0.3) is 0 Å². The van der Waals surface area contributed by atoms with Crippen molar-refractivity contribution in [1.29, 1.82) is 0 Å². The first-order valence-corrected chi connectivity index (χ1v) is 13.8. The molecule has 0 heterocycles. The van der Waals surface area contributed by atoms with Gasteiger partial charge in [-0.25, -0.2) is 0 Å². The van der Waals surface area contributed by atoms with Gasteiger partial charge in [0.2, 0.25) is 0 Å². The summed E-state index contributed by atoms with van der Waals surface area (Å²) in [6.07, 6.45) is 0. The highest BCUT2D eigenvalue weighted by Crippen LogP contribution is 2.44. The Morgan fingerprint density at radius 2 is 0.944 bits per heavy atom. The first-order valence-electron chi connectivity index (χ1n) is 6.88. The summed E-state index contributed by atoms with van der Waals surface area (Å²) in [7, 11) is -3.18. The van der Waals surface area contributed by atoms with Gasteiger partial charge in [-0.2, -0.15) is 0 Å². The lowest BCUT2D eigenvalue weighted by Gasteiger charge is -2.47. The van der Waals surface area contributed by atoms with Crippen LogP contribution >= 0.6 is 15.9 Å². The molecular formula is C14H35BrOSi2. The Kier molecular flexibility index (Phi) is 8.29. The molecule has 0 aromatic carbocycles. The number of rotatable bonds is 2. The van der Waals surface area contributed by atoms with Crippen molar-refractivity contribution in [3.63, 3.8) is 0 Å². The van der Waals surface area contributed by atoms with Gasteiger partial charge in [-0.05, 0) is 36.3 Å². The molecule has 0 aliphatic rings. The fourth-order valence-electron chi connectivity index (χ4n) is 0.944. The van der Waals surface area contributed by atoms with E-state index >= 15 is 0 Å². The minimum absolute atomic E-state index is 0.322. The Bertz CT molecular complexity index is 213. The lowest BCUT2D eigenvalue weighted by molar-refractivity contribution is 0.449. The molecule has 0 saturated heterocycles. The molecule has 0 radical (unpaired) electrons. The molecule has 1 nitrogen and oxygen atoms in total. The first-order chi connectivity index (χ1) is 7.62. The summed E-state index contributed by atoms with van der Waals surface area (Å²) in [5, 5.41) is 1.71. The quantitative estimate of drug-likeness (QED) is 0.410. The second-order valence-corrected chi connectivity index (χ2v) is 18.9. The van der Waals surface area contributed by atoms with Crippen LogP contribution in [0.4, 0.5) is 0 Å². The van der Waals surface area contributed by atoms with Crippen LogP contribution in [0, 0.1) is 0 Å². The zero-order valence-electron chi connectivity index (χ0n) is 14.5. The fourth-order valence-corrected chi connectivity index (χ4v) is 8.50. The van der Waals surface area contributed by atoms with Gasteiger partial charge in [0.1, 0.15) is 0 Å². The molecule has 0 rings (SSSR count). The maximum Gasteiger partial charge on any atom is 0.178 e. The van der Waals surface area contributed by atoms with Gasteiger partial charge >= 0.3 is 0 Å². The van der Waals surface area contributed by atoms with E-state index in [1.165, 1.54) is 0 Å². The van der Waals surface area contributed by atoms with E-state index in [1.54, 1.807) is 0 Å². The Balaban J connectivity index is 0. The van der Waals surface area contributed by atoms with E-state index < -0.39 is 16.6 Å². The number of alkyl halides is 1. The third-order valence-electron chi connectivity index (χ3n) is 4.12. The topological polar surface area (TPSA) is 9.23 Å². The largest absolute Gasteiger partial charge is 0.455 e. The van der Waals surface area contributed by atoms with Gasteiger partial charge in [0.15, 0.2) is 16.6 Å². The molecule has 0 aliphatic carbocycles. The lowest BCUT2D eigenvalue weighted by Crippen LogP contribution is -2.53. The third kappa shape index (κ3) is 6.87. The van der Waals surface area contributed by atoms with Crippen LogP contribution in [-0.4, -0.2) is 22.0 Å². The van der Waals surface area contributed by atoms with E-state index in [2.05, 4.69) is 83.7 Å². The van der Waals surface area contributed by atoms with Crippen LogP contribution in [-0.2, 0) is 4.12 Å². The average Bonchev–Trinajstić information content (AvgIpc) is 1.98. The van der Waals surface area contributed by atoms with Gasteiger partial charge in [-0.3, -0.25) is 0 Å². The number of hydrogen-bond acceptors (Lipinski definition) is 1. The summed E-state index contributed by atoms with van der Waals surface area (Å²) in [5.74, 6) is 0. The van der Waals surface area contributed by atoms with E-state index in [9.17, 15) is 0 Å². The van der Waals surface area contributed by atoms with Crippen LogP contribution in [0.3, 0.4) is 0 Å². The summed E-state index contributed by atoms with van der Waals surface area (Å²) < 4.78 is 6.63. The predicted molar refractivity (Wildman–Crippen MR) is 94.9 cm³/mol. The Morgan fingerprint density at radius 3 is 1.06 bits per heavy atom. The van der Waals surface area contributed by atoms with Crippen LogP contribution in [0.5, 0.6) is 0 Å². The molecule has 0 N–H and O–H groups in total. The summed E-state index contributed by atoms with van der Waals surface area (Å²) in [6.45, 7) is 25.3. The van der Waals surface area contributed by atoms with Crippen LogP contribution in [0.2, 0.25) is 36.3 Å². The molecule has 0 fully saturated rings. The highest BCUT2D eigenvalue weighted by Gasteiger charge is 2.46. The molecule has 112 valence electrons. The summed E-state index contributed by atoms with van der Waals surface area (Å²) in [4.78, 5) is 0. The molecule has 0 bridgehead atoms. The second-order valence-electron chi connectivity index (χ2n) is 7.89. The van der Waals surface area contributed by atoms with Gasteiger partial charge in [-0.1, -0.05) is 64.4 Å². The van der Waals surface area contributed by atoms with E-state index in [-0.39, 0.29) is 0 Å². The van der Waals surface area contributed by atoms with Crippen LogP contribution < -0.4 is 0 Å². The van der Waals surface area contributed by atoms with Crippen LogP contribution in [0.25, 0.3) is 0 Å². The Hall–Kier alpha value is 0.874. The van der Waals surface area contributed by atoms with E-state index in [0.29, 0.717) is 10.1 Å². The van der Waals surface area contributed by atoms with E-state index in [1.807, 2.05) is 6.92 Å². The summed E-state index contributed by atoms with van der Waals surface area (Å²) in [6, 6.07) is 0. The summed E-state index contributed by atoms with van der Waals surface area (Å²) >= 11 is 3.15. The highest BCUT2D eigenvalue weighted by molar-refractivity contribution is 9.09. The van der Waals surface area contributed by atoms with Crippen molar-refractivity contribution >= 4 is 32.6 Å². The fraction of sp³-hybridized carbons (Fsp3) is 1.00. The van der Waals surface area contributed by atoms with Gasteiger partial charge in [0, 0.05) is 5.33 Å². The van der Waals surface area contributed by atoms with Crippen molar-refractivity contribution in [2.24, 2.45) is 0 Å². The van der Waals surface area contributed by atoms with Crippen molar-refractivity contribution in [1.82, 2.24) is 0 Å². The van der Waals surface area contributed by atoms with Crippen molar-refractivity contribution in [3.05, 3.63) is 0 Å². The Labute approximate surface area is 126 Å². The molecule has 0 aromatic heterocycles. The van der Waals surface area contributed by atoms with Crippen molar-refractivity contribution in [2.45, 2.75) is 84.7 Å². The SMILES string of the molecule is CC(C)(C)[Si](C)(C)O[Si](C)(C)C(C)(C)C.CCBr. The highest BCUT2D eigenvalue weighted by atomic mass is 79.9. The zero-order chi connectivity index (χ0) is 15.4. The van der Waals surface area contributed by atoms with Gasteiger partial charge < -0.3 is 4.12 Å². The standard InChI is InChI=1S/C12H30OSi2.C2H5Br/c1-11(2,3)14(7,8)13-15(9,10)12(4,5)6;1-2-3/h1-10H3;2H2,1H3. The maximum absolute atomic E-state index is 6.63. The van der Waals surface area contributed by atoms with Crippen molar-refractivity contribution < 1.29 is 4.12 Å².